The minimum atomic E-state index is -0.389. The van der Waals surface area contributed by atoms with Crippen molar-refractivity contribution in [3.05, 3.63) is 114 Å². The second-order valence-corrected chi connectivity index (χ2v) is 10.0. The Morgan fingerprint density at radius 1 is 0.975 bits per heavy atom. The first kappa shape index (κ1) is 27.1. The fourth-order valence-electron chi connectivity index (χ4n) is 5.55. The van der Waals surface area contributed by atoms with Gasteiger partial charge in [0.1, 0.15) is 5.82 Å². The Balaban J connectivity index is 1.26. The molecule has 1 unspecified atom stereocenters. The number of halogens is 1. The molecule has 7 heteroatoms. The molecule has 2 N–H and O–H groups in total. The van der Waals surface area contributed by atoms with Crippen LogP contribution in [0.5, 0.6) is 0 Å². The molecule has 204 valence electrons. The molecule has 0 radical (unpaired) electrons. The standard InChI is InChI=1S/C33H33FN4O2/c1-2-36-33(40)31(23-9-4-3-5-10-23)24-16-19-38(20-17-24)30-15-14-26(21-29(30)34)37-32(39)28-13-7-6-12-27(28)25-11-8-18-35-22-25/h3-15,18,21-22,24,31H,2,16-17,19-20H2,1H3,(H,36,40)(H,37,39). The van der Waals surface area contributed by atoms with E-state index >= 15 is 4.39 Å². The summed E-state index contributed by atoms with van der Waals surface area (Å²) in [6.07, 6.45) is 4.95. The summed E-state index contributed by atoms with van der Waals surface area (Å²) in [6.45, 7) is 3.81. The van der Waals surface area contributed by atoms with Gasteiger partial charge in [0.25, 0.3) is 5.91 Å². The molecule has 40 heavy (non-hydrogen) atoms. The van der Waals surface area contributed by atoms with Crippen LogP contribution in [0.2, 0.25) is 0 Å². The lowest BCUT2D eigenvalue weighted by Crippen LogP contribution is -2.40. The number of carbonyl (C=O) groups excluding carboxylic acids is 2. The van der Waals surface area contributed by atoms with Gasteiger partial charge >= 0.3 is 0 Å². The maximum absolute atomic E-state index is 15.3. The van der Waals surface area contributed by atoms with E-state index in [4.69, 9.17) is 0 Å². The predicted molar refractivity (Wildman–Crippen MR) is 157 cm³/mol. The molecule has 1 aromatic heterocycles. The van der Waals surface area contributed by atoms with Crippen LogP contribution in [-0.2, 0) is 4.79 Å². The number of likely N-dealkylation sites (N-methyl/N-ethyl adjacent to an activating group) is 1. The minimum Gasteiger partial charge on any atom is -0.369 e. The fourth-order valence-corrected chi connectivity index (χ4v) is 5.55. The summed E-state index contributed by atoms with van der Waals surface area (Å²) in [4.78, 5) is 32.3. The van der Waals surface area contributed by atoms with Crippen LogP contribution >= 0.6 is 0 Å². The second-order valence-electron chi connectivity index (χ2n) is 10.0. The van der Waals surface area contributed by atoms with Crippen molar-refractivity contribution in [2.75, 3.05) is 29.9 Å². The van der Waals surface area contributed by atoms with Crippen molar-refractivity contribution in [3.8, 4) is 11.1 Å². The highest BCUT2D eigenvalue weighted by atomic mass is 19.1. The van der Waals surface area contributed by atoms with Gasteiger partial charge in [-0.15, -0.1) is 0 Å². The highest BCUT2D eigenvalue weighted by Gasteiger charge is 2.33. The first-order chi connectivity index (χ1) is 19.5. The average Bonchev–Trinajstić information content (AvgIpc) is 2.99. The van der Waals surface area contributed by atoms with Gasteiger partial charge in [0.05, 0.1) is 11.6 Å². The van der Waals surface area contributed by atoms with Crippen LogP contribution in [0, 0.1) is 11.7 Å². The van der Waals surface area contributed by atoms with Crippen molar-refractivity contribution in [2.24, 2.45) is 5.92 Å². The Kier molecular flexibility index (Phi) is 8.50. The highest BCUT2D eigenvalue weighted by Crippen LogP contribution is 2.35. The van der Waals surface area contributed by atoms with Gasteiger partial charge in [-0.2, -0.15) is 0 Å². The zero-order chi connectivity index (χ0) is 27.9. The van der Waals surface area contributed by atoms with Gasteiger partial charge in [0, 0.05) is 48.8 Å². The quantitative estimate of drug-likeness (QED) is 0.278. The number of piperidine rings is 1. The smallest absolute Gasteiger partial charge is 0.256 e. The zero-order valence-electron chi connectivity index (χ0n) is 22.5. The number of nitrogens with one attached hydrogen (secondary N) is 2. The van der Waals surface area contributed by atoms with Crippen molar-refractivity contribution in [2.45, 2.75) is 25.7 Å². The summed E-state index contributed by atoms with van der Waals surface area (Å²) in [7, 11) is 0. The topological polar surface area (TPSA) is 74.3 Å². The monoisotopic (exact) mass is 536 g/mol. The molecule has 3 aromatic carbocycles. The number of hydrogen-bond donors (Lipinski definition) is 2. The number of amides is 2. The SMILES string of the molecule is CCNC(=O)C(c1ccccc1)C1CCN(c2ccc(NC(=O)c3ccccc3-c3cccnc3)cc2F)CC1. The fraction of sp³-hybridized carbons (Fsp3) is 0.242. The van der Waals surface area contributed by atoms with Crippen LogP contribution in [0.15, 0.2) is 97.3 Å². The minimum absolute atomic E-state index is 0.0449. The summed E-state index contributed by atoms with van der Waals surface area (Å²) >= 11 is 0. The number of pyridine rings is 1. The molecule has 2 heterocycles. The molecule has 0 bridgehead atoms. The Morgan fingerprint density at radius 3 is 2.42 bits per heavy atom. The molecule has 4 aromatic rings. The molecule has 1 aliphatic heterocycles. The third-order valence-electron chi connectivity index (χ3n) is 7.49. The number of benzene rings is 3. The molecule has 6 nitrogen and oxygen atoms in total. The van der Waals surface area contributed by atoms with Crippen molar-refractivity contribution < 1.29 is 14.0 Å². The van der Waals surface area contributed by atoms with E-state index in [0.29, 0.717) is 36.6 Å². The van der Waals surface area contributed by atoms with Crippen molar-refractivity contribution in [1.82, 2.24) is 10.3 Å². The summed E-state index contributed by atoms with van der Waals surface area (Å²) < 4.78 is 15.3. The number of carbonyl (C=O) groups is 2. The summed E-state index contributed by atoms with van der Waals surface area (Å²) in [5, 5.41) is 5.83. The van der Waals surface area contributed by atoms with E-state index in [2.05, 4.69) is 15.6 Å². The van der Waals surface area contributed by atoms with Crippen molar-refractivity contribution >= 4 is 23.2 Å². The van der Waals surface area contributed by atoms with Crippen molar-refractivity contribution in [3.63, 3.8) is 0 Å². The Labute approximate surface area is 234 Å². The van der Waals surface area contributed by atoms with Crippen LogP contribution in [0.1, 0.15) is 41.6 Å². The van der Waals surface area contributed by atoms with E-state index in [9.17, 15) is 9.59 Å². The molecular weight excluding hydrogens is 503 g/mol. The van der Waals surface area contributed by atoms with Gasteiger partial charge in [-0.05, 0) is 67.1 Å². The van der Waals surface area contributed by atoms with Gasteiger partial charge in [-0.1, -0.05) is 54.6 Å². The summed E-state index contributed by atoms with van der Waals surface area (Å²) in [6, 6.07) is 25.7. The van der Waals surface area contributed by atoms with E-state index in [1.807, 2.05) is 66.4 Å². The van der Waals surface area contributed by atoms with E-state index < -0.39 is 0 Å². The number of rotatable bonds is 8. The normalized spacial score (nSPS) is 14.4. The third kappa shape index (κ3) is 6.04. The number of aromatic nitrogens is 1. The zero-order valence-corrected chi connectivity index (χ0v) is 22.5. The molecule has 0 spiro atoms. The molecular formula is C33H33FN4O2. The third-order valence-corrected chi connectivity index (χ3v) is 7.49. The second kappa shape index (κ2) is 12.6. The molecule has 1 fully saturated rings. The molecule has 1 atom stereocenters. The molecule has 0 saturated carbocycles. The van der Waals surface area contributed by atoms with E-state index in [1.165, 1.54) is 6.07 Å². The maximum Gasteiger partial charge on any atom is 0.256 e. The lowest BCUT2D eigenvalue weighted by molar-refractivity contribution is -0.123. The lowest BCUT2D eigenvalue weighted by Gasteiger charge is -2.37. The Hall–Kier alpha value is -4.52. The number of anilines is 2. The molecule has 2 amide bonds. The highest BCUT2D eigenvalue weighted by molar-refractivity contribution is 6.08. The van der Waals surface area contributed by atoms with Crippen LogP contribution in [0.4, 0.5) is 15.8 Å². The molecule has 1 saturated heterocycles. The molecule has 5 rings (SSSR count). The Morgan fingerprint density at radius 2 is 1.73 bits per heavy atom. The summed E-state index contributed by atoms with van der Waals surface area (Å²) in [5.74, 6) is -0.708. The lowest BCUT2D eigenvalue weighted by atomic mass is 9.79. The maximum atomic E-state index is 15.3. The van der Waals surface area contributed by atoms with Crippen LogP contribution < -0.4 is 15.5 Å². The first-order valence-electron chi connectivity index (χ1n) is 13.7. The largest absolute Gasteiger partial charge is 0.369 e. The molecule has 0 aliphatic carbocycles. The van der Waals surface area contributed by atoms with Crippen LogP contribution in [0.3, 0.4) is 0 Å². The van der Waals surface area contributed by atoms with Crippen LogP contribution in [0.25, 0.3) is 11.1 Å². The Bertz CT molecular complexity index is 1450. The van der Waals surface area contributed by atoms with E-state index in [0.717, 1.165) is 29.5 Å². The van der Waals surface area contributed by atoms with E-state index in [1.54, 1.807) is 36.7 Å². The first-order valence-corrected chi connectivity index (χ1v) is 13.7. The van der Waals surface area contributed by atoms with Gasteiger partial charge in [-0.3, -0.25) is 14.6 Å². The van der Waals surface area contributed by atoms with Gasteiger partial charge in [-0.25, -0.2) is 4.39 Å². The van der Waals surface area contributed by atoms with Crippen LogP contribution in [-0.4, -0.2) is 36.4 Å². The number of hydrogen-bond acceptors (Lipinski definition) is 4. The number of nitrogens with zero attached hydrogens (tertiary/aromatic N) is 2. The predicted octanol–water partition coefficient (Wildman–Crippen LogP) is 6.28. The summed E-state index contributed by atoms with van der Waals surface area (Å²) in [5.41, 5.74) is 3.99. The van der Waals surface area contributed by atoms with E-state index in [-0.39, 0.29) is 29.5 Å². The van der Waals surface area contributed by atoms with Gasteiger partial charge in [0.2, 0.25) is 5.91 Å². The average molecular weight is 537 g/mol. The molecule has 1 aliphatic rings. The van der Waals surface area contributed by atoms with Crippen molar-refractivity contribution in [1.29, 1.82) is 0 Å². The van der Waals surface area contributed by atoms with Gasteiger partial charge in [0.15, 0.2) is 0 Å². The van der Waals surface area contributed by atoms with Gasteiger partial charge < -0.3 is 15.5 Å².